The zero-order valence-corrected chi connectivity index (χ0v) is 14.7. The molecule has 5 heteroatoms. The van der Waals surface area contributed by atoms with Crippen molar-refractivity contribution in [2.24, 2.45) is 0 Å². The average molecular weight is 335 g/mol. The van der Waals surface area contributed by atoms with Gasteiger partial charge in [-0.25, -0.2) is 0 Å². The van der Waals surface area contributed by atoms with Crippen molar-refractivity contribution in [3.63, 3.8) is 0 Å². The first kappa shape index (κ1) is 18.2. The van der Waals surface area contributed by atoms with Crippen LogP contribution in [0.3, 0.4) is 0 Å². The summed E-state index contributed by atoms with van der Waals surface area (Å²) in [5.41, 5.74) is 2.41. The van der Waals surface area contributed by atoms with Gasteiger partial charge in [-0.05, 0) is 43.2 Å². The zero-order valence-electron chi connectivity index (χ0n) is 14.7. The molecule has 0 bridgehead atoms. The number of nitrogens with one attached hydrogen (secondary N) is 1. The Bertz CT molecular complexity index is 786. The number of hydrogen-bond acceptors (Lipinski definition) is 5. The number of hydrogen-bond donors (Lipinski definition) is 1. The summed E-state index contributed by atoms with van der Waals surface area (Å²) in [4.78, 5) is 0. The molecule has 0 aliphatic heterocycles. The van der Waals surface area contributed by atoms with Crippen molar-refractivity contribution in [3.05, 3.63) is 53.1 Å². The third kappa shape index (κ3) is 4.22. The Balaban J connectivity index is 2.29. The van der Waals surface area contributed by atoms with Crippen molar-refractivity contribution >= 4 is 5.69 Å². The third-order valence-corrected chi connectivity index (χ3v) is 3.82. The van der Waals surface area contributed by atoms with Crippen LogP contribution in [0.15, 0.2) is 36.4 Å². The lowest BCUT2D eigenvalue weighted by Crippen LogP contribution is -2.10. The molecule has 0 heterocycles. The van der Waals surface area contributed by atoms with E-state index in [9.17, 15) is 10.5 Å². The maximum atomic E-state index is 9.29. The molecule has 0 spiro atoms. The molecule has 128 valence electrons. The highest BCUT2D eigenvalue weighted by Crippen LogP contribution is 2.32. The van der Waals surface area contributed by atoms with Crippen molar-refractivity contribution < 1.29 is 9.47 Å². The van der Waals surface area contributed by atoms with Crippen LogP contribution in [0.2, 0.25) is 0 Å². The Morgan fingerprint density at radius 1 is 1.08 bits per heavy atom. The van der Waals surface area contributed by atoms with E-state index in [1.54, 1.807) is 25.3 Å². The van der Waals surface area contributed by atoms with Gasteiger partial charge in [0.05, 0.1) is 30.5 Å². The van der Waals surface area contributed by atoms with Crippen molar-refractivity contribution in [1.29, 1.82) is 10.5 Å². The SMILES string of the molecule is CCCOc1ccc(C(C)Nc2c(C#N)cccc2C#N)cc1OC. The van der Waals surface area contributed by atoms with Crippen LogP contribution in [-0.4, -0.2) is 13.7 Å². The summed E-state index contributed by atoms with van der Waals surface area (Å²) >= 11 is 0. The third-order valence-electron chi connectivity index (χ3n) is 3.82. The van der Waals surface area contributed by atoms with Gasteiger partial charge >= 0.3 is 0 Å². The largest absolute Gasteiger partial charge is 0.493 e. The fraction of sp³-hybridized carbons (Fsp3) is 0.300. The Morgan fingerprint density at radius 3 is 2.32 bits per heavy atom. The van der Waals surface area contributed by atoms with Gasteiger partial charge in [-0.3, -0.25) is 0 Å². The van der Waals surface area contributed by atoms with Gasteiger partial charge in [0, 0.05) is 6.04 Å². The fourth-order valence-corrected chi connectivity index (χ4v) is 2.48. The maximum Gasteiger partial charge on any atom is 0.161 e. The molecule has 1 N–H and O–H groups in total. The number of benzene rings is 2. The minimum atomic E-state index is -0.115. The Morgan fingerprint density at radius 2 is 1.76 bits per heavy atom. The van der Waals surface area contributed by atoms with Gasteiger partial charge in [-0.2, -0.15) is 10.5 Å². The van der Waals surface area contributed by atoms with Crippen molar-refractivity contribution in [1.82, 2.24) is 0 Å². The van der Waals surface area contributed by atoms with Crippen molar-refractivity contribution in [2.75, 3.05) is 19.0 Å². The summed E-state index contributed by atoms with van der Waals surface area (Å²) in [5.74, 6) is 1.36. The van der Waals surface area contributed by atoms with E-state index in [4.69, 9.17) is 9.47 Å². The summed E-state index contributed by atoms with van der Waals surface area (Å²) in [6.07, 6.45) is 0.921. The molecule has 0 saturated carbocycles. The van der Waals surface area contributed by atoms with Crippen molar-refractivity contribution in [3.8, 4) is 23.6 Å². The summed E-state index contributed by atoms with van der Waals surface area (Å²) in [5, 5.41) is 21.8. The first-order valence-corrected chi connectivity index (χ1v) is 8.15. The van der Waals surface area contributed by atoms with Crippen LogP contribution >= 0.6 is 0 Å². The number of ether oxygens (including phenoxy) is 2. The second-order valence-corrected chi connectivity index (χ2v) is 5.58. The lowest BCUT2D eigenvalue weighted by atomic mass is 10.0. The highest BCUT2D eigenvalue weighted by molar-refractivity contribution is 5.67. The molecule has 0 fully saturated rings. The van der Waals surface area contributed by atoms with E-state index < -0.39 is 0 Å². The molecule has 0 radical (unpaired) electrons. The second-order valence-electron chi connectivity index (χ2n) is 5.58. The lowest BCUT2D eigenvalue weighted by molar-refractivity contribution is 0.294. The molecule has 1 unspecified atom stereocenters. The number of rotatable bonds is 7. The Hall–Kier alpha value is -3.18. The minimum absolute atomic E-state index is 0.115. The van der Waals surface area contributed by atoms with E-state index in [2.05, 4.69) is 17.5 Å². The molecule has 0 aliphatic carbocycles. The second kappa shape index (κ2) is 8.61. The van der Waals surface area contributed by atoms with Gasteiger partial charge < -0.3 is 14.8 Å². The monoisotopic (exact) mass is 335 g/mol. The summed E-state index contributed by atoms with van der Waals surface area (Å²) < 4.78 is 11.1. The minimum Gasteiger partial charge on any atom is -0.493 e. The summed E-state index contributed by atoms with van der Waals surface area (Å²) in [6.45, 7) is 4.65. The smallest absolute Gasteiger partial charge is 0.161 e. The standard InChI is InChI=1S/C20H21N3O2/c1-4-10-25-18-9-8-15(11-19(18)24-3)14(2)23-20-16(12-21)6-5-7-17(20)13-22/h5-9,11,14,23H,4,10H2,1-3H3. The van der Waals surface area contributed by atoms with Gasteiger partial charge in [0.25, 0.3) is 0 Å². The quantitative estimate of drug-likeness (QED) is 0.811. The number of methoxy groups -OCH3 is 1. The number of anilines is 1. The molecule has 2 aromatic carbocycles. The summed E-state index contributed by atoms with van der Waals surface area (Å²) in [7, 11) is 1.61. The molecule has 1 atom stereocenters. The van der Waals surface area contributed by atoms with Crippen LogP contribution in [-0.2, 0) is 0 Å². The summed E-state index contributed by atoms with van der Waals surface area (Å²) in [6, 6.07) is 15.0. The molecule has 0 amide bonds. The van der Waals surface area contributed by atoms with Crippen LogP contribution in [0.4, 0.5) is 5.69 Å². The Labute approximate surface area is 148 Å². The van der Waals surface area contributed by atoms with Gasteiger partial charge in [0.15, 0.2) is 11.5 Å². The average Bonchev–Trinajstić information content (AvgIpc) is 2.66. The number of nitriles is 2. The highest BCUT2D eigenvalue weighted by atomic mass is 16.5. The van der Waals surface area contributed by atoms with Crippen LogP contribution in [0.25, 0.3) is 0 Å². The highest BCUT2D eigenvalue weighted by Gasteiger charge is 2.14. The normalized spacial score (nSPS) is 11.1. The predicted octanol–water partition coefficient (Wildman–Crippen LogP) is 4.40. The Kier molecular flexibility index (Phi) is 6.26. The topological polar surface area (TPSA) is 78.1 Å². The molecule has 2 rings (SSSR count). The van der Waals surface area contributed by atoms with Crippen molar-refractivity contribution in [2.45, 2.75) is 26.3 Å². The van der Waals surface area contributed by atoms with Crippen LogP contribution < -0.4 is 14.8 Å². The van der Waals surface area contributed by atoms with E-state index in [0.29, 0.717) is 34.9 Å². The molecule has 0 saturated heterocycles. The molecular weight excluding hydrogens is 314 g/mol. The first-order chi connectivity index (χ1) is 12.1. The predicted molar refractivity (Wildman–Crippen MR) is 96.7 cm³/mol. The molecule has 2 aromatic rings. The van der Waals surface area contributed by atoms with Gasteiger partial charge in [-0.1, -0.05) is 19.1 Å². The van der Waals surface area contributed by atoms with E-state index >= 15 is 0 Å². The zero-order chi connectivity index (χ0) is 18.2. The number of para-hydroxylation sites is 1. The first-order valence-electron chi connectivity index (χ1n) is 8.15. The van der Waals surface area contributed by atoms with Gasteiger partial charge in [0.1, 0.15) is 12.1 Å². The van der Waals surface area contributed by atoms with Gasteiger partial charge in [-0.15, -0.1) is 0 Å². The van der Waals surface area contributed by atoms with Crippen LogP contribution in [0, 0.1) is 22.7 Å². The van der Waals surface area contributed by atoms with Crippen LogP contribution in [0.1, 0.15) is 43.0 Å². The molecule has 0 aliphatic rings. The molecule has 25 heavy (non-hydrogen) atoms. The van der Waals surface area contributed by atoms with E-state index in [0.717, 1.165) is 12.0 Å². The van der Waals surface area contributed by atoms with E-state index in [1.807, 2.05) is 32.0 Å². The van der Waals surface area contributed by atoms with E-state index in [-0.39, 0.29) is 6.04 Å². The maximum absolute atomic E-state index is 9.29. The fourth-order valence-electron chi connectivity index (χ4n) is 2.48. The van der Waals surface area contributed by atoms with Crippen LogP contribution in [0.5, 0.6) is 11.5 Å². The number of nitrogens with zero attached hydrogens (tertiary/aromatic N) is 2. The van der Waals surface area contributed by atoms with Gasteiger partial charge in [0.2, 0.25) is 0 Å². The molecule has 0 aromatic heterocycles. The van der Waals surface area contributed by atoms with E-state index in [1.165, 1.54) is 0 Å². The lowest BCUT2D eigenvalue weighted by Gasteiger charge is -2.19. The molecule has 5 nitrogen and oxygen atoms in total. The molecular formula is C20H21N3O2.